The van der Waals surface area contributed by atoms with E-state index in [0.29, 0.717) is 28.3 Å². The summed E-state index contributed by atoms with van der Waals surface area (Å²) in [5.41, 5.74) is 6.89. The first-order chi connectivity index (χ1) is 9.63. The molecule has 0 radical (unpaired) electrons. The third-order valence-electron chi connectivity index (χ3n) is 4.06. The number of nitrogen functional groups attached to an aromatic ring is 1. The number of anilines is 2. The number of nitrogens with one attached hydrogen (secondary N) is 2. The molecule has 118 valence electrons. The molecule has 0 aliphatic heterocycles. The summed E-state index contributed by atoms with van der Waals surface area (Å²) in [4.78, 5) is 11.9. The second-order valence-electron chi connectivity index (χ2n) is 7.61. The Labute approximate surface area is 130 Å². The molecule has 1 fully saturated rings. The molecule has 6 heteroatoms. The fraction of sp³-hybridized carbons (Fsp3) is 0.733. The summed E-state index contributed by atoms with van der Waals surface area (Å²) < 4.78 is 4.12. The van der Waals surface area contributed by atoms with Gasteiger partial charge in [0.15, 0.2) is 5.82 Å². The largest absolute Gasteiger partial charge is 0.382 e. The molecule has 1 aliphatic carbocycles. The van der Waals surface area contributed by atoms with Crippen LogP contribution in [0.2, 0.25) is 0 Å². The Morgan fingerprint density at radius 2 is 1.86 bits per heavy atom. The second-order valence-corrected chi connectivity index (χ2v) is 8.38. The molecule has 0 unspecified atom stereocenters. The first kappa shape index (κ1) is 16.1. The summed E-state index contributed by atoms with van der Waals surface area (Å²) in [5, 5.41) is 6.92. The van der Waals surface area contributed by atoms with Crippen molar-refractivity contribution in [1.82, 2.24) is 9.69 Å². The van der Waals surface area contributed by atoms with Crippen LogP contribution in [0.25, 0.3) is 0 Å². The number of aromatic nitrogens is 1. The van der Waals surface area contributed by atoms with Gasteiger partial charge in [-0.05, 0) is 41.6 Å². The van der Waals surface area contributed by atoms with Gasteiger partial charge in [-0.25, -0.2) is 0 Å². The van der Waals surface area contributed by atoms with E-state index in [0.717, 1.165) is 17.8 Å². The molecule has 4 N–H and O–H groups in total. The summed E-state index contributed by atoms with van der Waals surface area (Å²) in [6.07, 6.45) is 3.38. The predicted octanol–water partition coefficient (Wildman–Crippen LogP) is 3.10. The van der Waals surface area contributed by atoms with E-state index in [-0.39, 0.29) is 5.91 Å². The van der Waals surface area contributed by atoms with Gasteiger partial charge in [-0.1, -0.05) is 27.7 Å². The van der Waals surface area contributed by atoms with E-state index in [1.807, 2.05) is 0 Å². The van der Waals surface area contributed by atoms with Crippen molar-refractivity contribution < 1.29 is 4.79 Å². The maximum Gasteiger partial charge on any atom is 0.257 e. The highest BCUT2D eigenvalue weighted by molar-refractivity contribution is 7.11. The van der Waals surface area contributed by atoms with Gasteiger partial charge in [0.25, 0.3) is 5.91 Å². The van der Waals surface area contributed by atoms with E-state index in [4.69, 9.17) is 5.73 Å². The molecule has 2 rings (SSSR count). The Morgan fingerprint density at radius 1 is 1.29 bits per heavy atom. The first-order valence-electron chi connectivity index (χ1n) is 7.37. The molecule has 1 aliphatic rings. The van der Waals surface area contributed by atoms with Crippen molar-refractivity contribution in [3.8, 4) is 0 Å². The standard InChI is InChI=1S/C15H26N4OS/c1-14(2)6-9(7-15(3,4)8-14)18-13-10(12(20)17-5)11(16)19-21-13/h9,18H,6-8H2,1-5H3,(H2,16,19)(H,17,20). The number of carbonyl (C=O) groups excluding carboxylic acids is 1. The summed E-state index contributed by atoms with van der Waals surface area (Å²) >= 11 is 1.27. The molecule has 0 atom stereocenters. The van der Waals surface area contributed by atoms with Crippen molar-refractivity contribution >= 4 is 28.3 Å². The summed E-state index contributed by atoms with van der Waals surface area (Å²) in [5.74, 6) is 0.120. The normalized spacial score (nSPS) is 21.0. The maximum atomic E-state index is 11.9. The number of nitrogens with zero attached hydrogens (tertiary/aromatic N) is 1. The van der Waals surface area contributed by atoms with Gasteiger partial charge in [0.05, 0.1) is 0 Å². The van der Waals surface area contributed by atoms with Gasteiger partial charge in [-0.15, -0.1) is 0 Å². The van der Waals surface area contributed by atoms with E-state index in [1.54, 1.807) is 7.05 Å². The molecule has 1 aromatic heterocycles. The average molecular weight is 310 g/mol. The van der Waals surface area contributed by atoms with Crippen LogP contribution in [0, 0.1) is 10.8 Å². The summed E-state index contributed by atoms with van der Waals surface area (Å²) in [6.45, 7) is 9.24. The molecule has 0 saturated heterocycles. The zero-order valence-electron chi connectivity index (χ0n) is 13.5. The third kappa shape index (κ3) is 3.67. The summed E-state index contributed by atoms with van der Waals surface area (Å²) in [6, 6.07) is 0.340. The number of amides is 1. The quantitative estimate of drug-likeness (QED) is 0.801. The minimum atomic E-state index is -0.182. The van der Waals surface area contributed by atoms with E-state index >= 15 is 0 Å². The Hall–Kier alpha value is -1.30. The van der Waals surface area contributed by atoms with Crippen LogP contribution in [0.5, 0.6) is 0 Å². The molecule has 1 amide bonds. The predicted molar refractivity (Wildman–Crippen MR) is 88.7 cm³/mol. The van der Waals surface area contributed by atoms with Gasteiger partial charge in [0.2, 0.25) is 0 Å². The molecule has 0 aromatic carbocycles. The lowest BCUT2D eigenvalue weighted by molar-refractivity contribution is 0.0964. The monoisotopic (exact) mass is 310 g/mol. The van der Waals surface area contributed by atoms with Crippen LogP contribution in [0.1, 0.15) is 57.3 Å². The van der Waals surface area contributed by atoms with Gasteiger partial charge in [-0.2, -0.15) is 4.37 Å². The highest BCUT2D eigenvalue weighted by Crippen LogP contribution is 2.46. The van der Waals surface area contributed by atoms with Crippen LogP contribution >= 0.6 is 11.5 Å². The lowest BCUT2D eigenvalue weighted by atomic mass is 9.63. The SMILES string of the molecule is CNC(=O)c1c(N)nsc1NC1CC(C)(C)CC(C)(C)C1. The molecule has 0 spiro atoms. The zero-order chi connectivity index (χ0) is 15.8. The Kier molecular flexibility index (Phi) is 4.19. The third-order valence-corrected chi connectivity index (χ3v) is 4.86. The minimum Gasteiger partial charge on any atom is -0.382 e. The van der Waals surface area contributed by atoms with Crippen LogP contribution in [0.4, 0.5) is 10.8 Å². The zero-order valence-corrected chi connectivity index (χ0v) is 14.4. The Balaban J connectivity index is 2.20. The van der Waals surface area contributed by atoms with Gasteiger partial charge >= 0.3 is 0 Å². The van der Waals surface area contributed by atoms with Crippen molar-refractivity contribution in [3.05, 3.63) is 5.56 Å². The van der Waals surface area contributed by atoms with Crippen LogP contribution in [0.15, 0.2) is 0 Å². The van der Waals surface area contributed by atoms with Crippen LogP contribution in [0.3, 0.4) is 0 Å². The highest BCUT2D eigenvalue weighted by atomic mass is 32.1. The molecule has 5 nitrogen and oxygen atoms in total. The molecule has 1 saturated carbocycles. The smallest absolute Gasteiger partial charge is 0.257 e. The second kappa shape index (κ2) is 5.48. The number of carbonyl (C=O) groups is 1. The highest BCUT2D eigenvalue weighted by Gasteiger charge is 2.39. The van der Waals surface area contributed by atoms with Crippen molar-refractivity contribution in [3.63, 3.8) is 0 Å². The molecular weight excluding hydrogens is 284 g/mol. The van der Waals surface area contributed by atoms with Crippen molar-refractivity contribution in [2.75, 3.05) is 18.1 Å². The van der Waals surface area contributed by atoms with Gasteiger partial charge < -0.3 is 16.4 Å². The van der Waals surface area contributed by atoms with Crippen molar-refractivity contribution in [2.45, 2.75) is 53.0 Å². The first-order valence-corrected chi connectivity index (χ1v) is 8.15. The van der Waals surface area contributed by atoms with Crippen molar-refractivity contribution in [1.29, 1.82) is 0 Å². The maximum absolute atomic E-state index is 11.9. The average Bonchev–Trinajstić information content (AvgIpc) is 2.65. The van der Waals surface area contributed by atoms with E-state index in [2.05, 4.69) is 42.7 Å². The topological polar surface area (TPSA) is 80.0 Å². The lowest BCUT2D eigenvalue weighted by Gasteiger charge is -2.45. The molecule has 1 heterocycles. The number of nitrogens with two attached hydrogens (primary N) is 1. The van der Waals surface area contributed by atoms with Crippen LogP contribution in [-0.4, -0.2) is 23.4 Å². The molecule has 0 bridgehead atoms. The Bertz CT molecular complexity index is 520. The minimum absolute atomic E-state index is 0.182. The molecular formula is C15H26N4OS. The molecule has 21 heavy (non-hydrogen) atoms. The number of hydrogen-bond donors (Lipinski definition) is 3. The molecule has 1 aromatic rings. The number of hydrogen-bond acceptors (Lipinski definition) is 5. The number of rotatable bonds is 3. The van der Waals surface area contributed by atoms with E-state index in [9.17, 15) is 4.79 Å². The van der Waals surface area contributed by atoms with Gasteiger partial charge in [-0.3, -0.25) is 4.79 Å². The Morgan fingerprint density at radius 3 is 2.38 bits per heavy atom. The fourth-order valence-electron chi connectivity index (χ4n) is 3.88. The fourth-order valence-corrected chi connectivity index (χ4v) is 4.67. The van der Waals surface area contributed by atoms with E-state index in [1.165, 1.54) is 18.0 Å². The van der Waals surface area contributed by atoms with Gasteiger partial charge in [0.1, 0.15) is 10.6 Å². The van der Waals surface area contributed by atoms with E-state index < -0.39 is 0 Å². The van der Waals surface area contributed by atoms with Crippen LogP contribution < -0.4 is 16.4 Å². The van der Waals surface area contributed by atoms with Crippen molar-refractivity contribution in [2.24, 2.45) is 10.8 Å². The summed E-state index contributed by atoms with van der Waals surface area (Å²) in [7, 11) is 1.61. The van der Waals surface area contributed by atoms with Crippen LogP contribution in [-0.2, 0) is 0 Å². The lowest BCUT2D eigenvalue weighted by Crippen LogP contribution is -2.40. The van der Waals surface area contributed by atoms with Gasteiger partial charge in [0, 0.05) is 13.1 Å².